The molecule has 1 N–H and O–H groups in total. The second kappa shape index (κ2) is 5.09. The molecule has 1 aromatic carbocycles. The number of hydrogen-bond donors (Lipinski definition) is 1. The zero-order valence-electron chi connectivity index (χ0n) is 11.0. The number of aromatic hydroxyl groups is 1. The number of hydrogen-bond acceptors (Lipinski definition) is 4. The summed E-state index contributed by atoms with van der Waals surface area (Å²) in [5.41, 5.74) is 3.19. The molecule has 4 nitrogen and oxygen atoms in total. The molecule has 0 bridgehead atoms. The highest BCUT2D eigenvalue weighted by atomic mass is 16.3. The number of aryl methyl sites for hydroxylation is 1. The summed E-state index contributed by atoms with van der Waals surface area (Å²) in [7, 11) is 0. The van der Waals surface area contributed by atoms with Gasteiger partial charge < -0.3 is 5.11 Å². The molecule has 0 atom stereocenters. The molecule has 20 heavy (non-hydrogen) atoms. The maximum atomic E-state index is 9.92. The van der Waals surface area contributed by atoms with Crippen molar-refractivity contribution in [2.75, 3.05) is 0 Å². The Labute approximate surface area is 116 Å². The predicted molar refractivity (Wildman–Crippen MR) is 77.1 cm³/mol. The lowest BCUT2D eigenvalue weighted by molar-refractivity contribution is 0.477. The largest absolute Gasteiger partial charge is 0.507 e. The quantitative estimate of drug-likeness (QED) is 0.771. The van der Waals surface area contributed by atoms with Crippen molar-refractivity contribution in [3.05, 3.63) is 60.6 Å². The van der Waals surface area contributed by atoms with Crippen molar-refractivity contribution >= 4 is 0 Å². The van der Waals surface area contributed by atoms with Gasteiger partial charge in [0.15, 0.2) is 5.82 Å². The van der Waals surface area contributed by atoms with E-state index in [2.05, 4.69) is 15.0 Å². The van der Waals surface area contributed by atoms with Crippen LogP contribution in [0.1, 0.15) is 5.69 Å². The molecule has 0 unspecified atom stereocenters. The molecule has 4 heteroatoms. The van der Waals surface area contributed by atoms with Gasteiger partial charge in [-0.2, -0.15) is 0 Å². The zero-order valence-corrected chi connectivity index (χ0v) is 11.0. The predicted octanol–water partition coefficient (Wildman–Crippen LogP) is 3.22. The smallest absolute Gasteiger partial charge is 0.163 e. The van der Waals surface area contributed by atoms with Crippen molar-refractivity contribution in [2.24, 2.45) is 0 Å². The van der Waals surface area contributed by atoms with Gasteiger partial charge in [-0.25, -0.2) is 9.97 Å². The molecule has 0 saturated carbocycles. The Kier molecular flexibility index (Phi) is 3.13. The lowest BCUT2D eigenvalue weighted by atomic mass is 10.1. The van der Waals surface area contributed by atoms with Crippen LogP contribution in [0.25, 0.3) is 22.6 Å². The van der Waals surface area contributed by atoms with Crippen LogP contribution in [0.5, 0.6) is 5.75 Å². The number of para-hydroxylation sites is 1. The molecule has 0 radical (unpaired) electrons. The molecular weight excluding hydrogens is 250 g/mol. The van der Waals surface area contributed by atoms with Gasteiger partial charge in [-0.05, 0) is 37.3 Å². The number of aromatic nitrogens is 3. The second-order valence-corrected chi connectivity index (χ2v) is 4.48. The fraction of sp³-hybridized carbons (Fsp3) is 0.0625. The molecule has 0 amide bonds. The van der Waals surface area contributed by atoms with Crippen molar-refractivity contribution in [3.63, 3.8) is 0 Å². The van der Waals surface area contributed by atoms with Gasteiger partial charge in [0.25, 0.3) is 0 Å². The van der Waals surface area contributed by atoms with Gasteiger partial charge in [0.05, 0.1) is 11.3 Å². The Bertz CT molecular complexity index is 742. The van der Waals surface area contributed by atoms with Gasteiger partial charge >= 0.3 is 0 Å². The molecule has 98 valence electrons. The third-order valence-corrected chi connectivity index (χ3v) is 2.96. The van der Waals surface area contributed by atoms with E-state index in [1.54, 1.807) is 30.6 Å². The van der Waals surface area contributed by atoms with E-state index in [0.717, 1.165) is 17.0 Å². The SMILES string of the molecule is Cc1cc(-c2cccnc2)nc(-c2ccccc2O)n1. The van der Waals surface area contributed by atoms with Crippen LogP contribution in [-0.4, -0.2) is 20.1 Å². The molecule has 0 saturated heterocycles. The summed E-state index contributed by atoms with van der Waals surface area (Å²) >= 11 is 0. The molecule has 0 fully saturated rings. The summed E-state index contributed by atoms with van der Waals surface area (Å²) < 4.78 is 0. The van der Waals surface area contributed by atoms with Crippen molar-refractivity contribution in [1.82, 2.24) is 15.0 Å². The minimum Gasteiger partial charge on any atom is -0.507 e. The first-order valence-corrected chi connectivity index (χ1v) is 6.28. The fourth-order valence-electron chi connectivity index (χ4n) is 2.01. The summed E-state index contributed by atoms with van der Waals surface area (Å²) in [4.78, 5) is 13.0. The van der Waals surface area contributed by atoms with E-state index in [1.807, 2.05) is 31.2 Å². The van der Waals surface area contributed by atoms with Crippen LogP contribution in [0.2, 0.25) is 0 Å². The molecule has 2 heterocycles. The van der Waals surface area contributed by atoms with Crippen molar-refractivity contribution in [3.8, 4) is 28.4 Å². The molecule has 0 spiro atoms. The average Bonchev–Trinajstić information content (AvgIpc) is 2.48. The van der Waals surface area contributed by atoms with Gasteiger partial charge in [-0.15, -0.1) is 0 Å². The third-order valence-electron chi connectivity index (χ3n) is 2.96. The number of phenols is 1. The van der Waals surface area contributed by atoms with Crippen LogP contribution in [0, 0.1) is 6.92 Å². The second-order valence-electron chi connectivity index (χ2n) is 4.48. The first-order valence-electron chi connectivity index (χ1n) is 6.28. The topological polar surface area (TPSA) is 58.9 Å². The van der Waals surface area contributed by atoms with Crippen molar-refractivity contribution in [1.29, 1.82) is 0 Å². The highest BCUT2D eigenvalue weighted by Crippen LogP contribution is 2.27. The Morgan fingerprint density at radius 1 is 1.00 bits per heavy atom. The van der Waals surface area contributed by atoms with Gasteiger partial charge in [0.2, 0.25) is 0 Å². The number of rotatable bonds is 2. The van der Waals surface area contributed by atoms with E-state index in [4.69, 9.17) is 0 Å². The van der Waals surface area contributed by atoms with Crippen LogP contribution in [0.4, 0.5) is 0 Å². The van der Waals surface area contributed by atoms with Gasteiger partial charge in [-0.3, -0.25) is 4.98 Å². The fourth-order valence-corrected chi connectivity index (χ4v) is 2.01. The maximum Gasteiger partial charge on any atom is 0.163 e. The molecular formula is C16H13N3O. The number of benzene rings is 1. The Morgan fingerprint density at radius 3 is 2.60 bits per heavy atom. The summed E-state index contributed by atoms with van der Waals surface area (Å²) in [5.74, 6) is 0.692. The molecule has 0 aliphatic rings. The molecule has 0 aliphatic heterocycles. The van der Waals surface area contributed by atoms with Crippen LogP contribution >= 0.6 is 0 Å². The Hall–Kier alpha value is -2.75. The number of nitrogens with zero attached hydrogens (tertiary/aromatic N) is 3. The van der Waals surface area contributed by atoms with E-state index < -0.39 is 0 Å². The van der Waals surface area contributed by atoms with Crippen molar-refractivity contribution in [2.45, 2.75) is 6.92 Å². The first kappa shape index (κ1) is 12.3. The van der Waals surface area contributed by atoms with Gasteiger partial charge in [-0.1, -0.05) is 12.1 Å². The molecule has 3 rings (SSSR count). The monoisotopic (exact) mass is 263 g/mol. The number of phenolic OH excluding ortho intramolecular Hbond substituents is 1. The highest BCUT2D eigenvalue weighted by molar-refractivity contribution is 5.67. The molecule has 2 aromatic heterocycles. The maximum absolute atomic E-state index is 9.92. The number of pyridine rings is 1. The van der Waals surface area contributed by atoms with Crippen molar-refractivity contribution < 1.29 is 5.11 Å². The van der Waals surface area contributed by atoms with E-state index >= 15 is 0 Å². The Balaban J connectivity index is 2.15. The average molecular weight is 263 g/mol. The normalized spacial score (nSPS) is 10.4. The van der Waals surface area contributed by atoms with E-state index in [9.17, 15) is 5.11 Å². The van der Waals surface area contributed by atoms with E-state index in [0.29, 0.717) is 11.4 Å². The van der Waals surface area contributed by atoms with Crippen LogP contribution in [0.3, 0.4) is 0 Å². The Morgan fingerprint density at radius 2 is 1.85 bits per heavy atom. The standard InChI is InChI=1S/C16H13N3O/c1-11-9-14(12-5-4-8-17-10-12)19-16(18-11)13-6-2-3-7-15(13)20/h2-10,20H,1H3. The summed E-state index contributed by atoms with van der Waals surface area (Å²) in [6, 6.07) is 12.8. The molecule has 0 aliphatic carbocycles. The van der Waals surface area contributed by atoms with E-state index in [1.165, 1.54) is 0 Å². The van der Waals surface area contributed by atoms with Crippen LogP contribution in [0.15, 0.2) is 54.9 Å². The first-order chi connectivity index (χ1) is 9.74. The summed E-state index contributed by atoms with van der Waals surface area (Å²) in [6.07, 6.45) is 3.48. The lowest BCUT2D eigenvalue weighted by Crippen LogP contribution is -1.95. The third kappa shape index (κ3) is 2.36. The van der Waals surface area contributed by atoms with Crippen LogP contribution < -0.4 is 0 Å². The van der Waals surface area contributed by atoms with E-state index in [-0.39, 0.29) is 5.75 Å². The van der Waals surface area contributed by atoms with Gasteiger partial charge in [0.1, 0.15) is 5.75 Å². The van der Waals surface area contributed by atoms with Gasteiger partial charge in [0, 0.05) is 23.7 Å². The summed E-state index contributed by atoms with van der Waals surface area (Å²) in [5, 5.41) is 9.92. The summed E-state index contributed by atoms with van der Waals surface area (Å²) in [6.45, 7) is 1.91. The zero-order chi connectivity index (χ0) is 13.9. The van der Waals surface area contributed by atoms with Crippen LogP contribution in [-0.2, 0) is 0 Å². The lowest BCUT2D eigenvalue weighted by Gasteiger charge is -2.07. The molecule has 3 aromatic rings. The highest BCUT2D eigenvalue weighted by Gasteiger charge is 2.09. The minimum absolute atomic E-state index is 0.176. The minimum atomic E-state index is 0.176.